The van der Waals surface area contributed by atoms with Gasteiger partial charge in [-0.05, 0) is 12.5 Å². The molecular weight excluding hydrogens is 195 g/mol. The summed E-state index contributed by atoms with van der Waals surface area (Å²) in [5, 5.41) is 0.795. The van der Waals surface area contributed by atoms with Gasteiger partial charge in [-0.3, -0.25) is 0 Å². The second kappa shape index (κ2) is 4.08. The molecule has 2 N–H and O–H groups in total. The standard InChI is InChI=1S/C8H10Cl2N2/c1-2-6(11)5-3-4-7(9)12-8(5)10/h3-4,6H,2,11H2,1H3/t6-/m1/s1. The highest BCUT2D eigenvalue weighted by Crippen LogP contribution is 2.23. The topological polar surface area (TPSA) is 38.9 Å². The van der Waals surface area contributed by atoms with Gasteiger partial charge in [0.15, 0.2) is 0 Å². The molecule has 0 radical (unpaired) electrons. The van der Waals surface area contributed by atoms with E-state index in [1.54, 1.807) is 6.07 Å². The highest BCUT2D eigenvalue weighted by molar-refractivity contribution is 6.32. The summed E-state index contributed by atoms with van der Waals surface area (Å²) in [5.41, 5.74) is 6.63. The Morgan fingerprint density at radius 2 is 2.17 bits per heavy atom. The third-order valence-electron chi connectivity index (χ3n) is 1.68. The van der Waals surface area contributed by atoms with E-state index in [0.717, 1.165) is 12.0 Å². The largest absolute Gasteiger partial charge is 0.324 e. The Labute approximate surface area is 81.7 Å². The molecule has 0 aromatic carbocycles. The lowest BCUT2D eigenvalue weighted by atomic mass is 10.1. The highest BCUT2D eigenvalue weighted by atomic mass is 35.5. The highest BCUT2D eigenvalue weighted by Gasteiger charge is 2.08. The van der Waals surface area contributed by atoms with Gasteiger partial charge in [0.2, 0.25) is 0 Å². The van der Waals surface area contributed by atoms with Gasteiger partial charge in [0.1, 0.15) is 10.3 Å². The van der Waals surface area contributed by atoms with E-state index in [2.05, 4.69) is 4.98 Å². The normalized spacial score (nSPS) is 13.0. The average Bonchev–Trinajstić information content (AvgIpc) is 2.03. The van der Waals surface area contributed by atoms with Crippen molar-refractivity contribution in [2.24, 2.45) is 5.73 Å². The fourth-order valence-electron chi connectivity index (χ4n) is 0.919. The molecule has 0 saturated heterocycles. The van der Waals surface area contributed by atoms with Crippen molar-refractivity contribution in [3.8, 4) is 0 Å². The van der Waals surface area contributed by atoms with Crippen molar-refractivity contribution in [2.75, 3.05) is 0 Å². The van der Waals surface area contributed by atoms with E-state index in [9.17, 15) is 0 Å². The molecule has 1 rings (SSSR count). The summed E-state index contributed by atoms with van der Waals surface area (Å²) in [7, 11) is 0. The van der Waals surface area contributed by atoms with Gasteiger partial charge in [0, 0.05) is 11.6 Å². The number of hydrogen-bond acceptors (Lipinski definition) is 2. The molecule has 0 aliphatic heterocycles. The number of aromatic nitrogens is 1. The molecule has 1 heterocycles. The van der Waals surface area contributed by atoms with Crippen molar-refractivity contribution in [1.82, 2.24) is 4.98 Å². The van der Waals surface area contributed by atoms with Gasteiger partial charge in [0.25, 0.3) is 0 Å². The fourth-order valence-corrected chi connectivity index (χ4v) is 1.40. The summed E-state index contributed by atoms with van der Waals surface area (Å²) in [4.78, 5) is 3.89. The number of pyridine rings is 1. The predicted octanol–water partition coefficient (Wildman–Crippen LogP) is 2.80. The zero-order chi connectivity index (χ0) is 9.14. The van der Waals surface area contributed by atoms with Gasteiger partial charge in [-0.25, -0.2) is 4.98 Å². The predicted molar refractivity (Wildman–Crippen MR) is 51.5 cm³/mol. The van der Waals surface area contributed by atoms with E-state index in [1.165, 1.54) is 0 Å². The summed E-state index contributed by atoms with van der Waals surface area (Å²) in [6.45, 7) is 2.00. The van der Waals surface area contributed by atoms with Gasteiger partial charge in [-0.2, -0.15) is 0 Å². The second-order valence-corrected chi connectivity index (χ2v) is 3.27. The molecule has 1 aromatic rings. The van der Waals surface area contributed by atoms with Crippen molar-refractivity contribution in [2.45, 2.75) is 19.4 Å². The van der Waals surface area contributed by atoms with Crippen molar-refractivity contribution >= 4 is 23.2 Å². The van der Waals surface area contributed by atoms with E-state index in [4.69, 9.17) is 28.9 Å². The first-order valence-electron chi connectivity index (χ1n) is 3.72. The Hall–Kier alpha value is -0.310. The Bertz CT molecular complexity index is 276. The maximum absolute atomic E-state index is 5.83. The van der Waals surface area contributed by atoms with Crippen LogP contribution in [0.15, 0.2) is 12.1 Å². The van der Waals surface area contributed by atoms with Crippen LogP contribution in [0.3, 0.4) is 0 Å². The molecule has 12 heavy (non-hydrogen) atoms. The quantitative estimate of drug-likeness (QED) is 0.754. The van der Waals surface area contributed by atoms with Crippen LogP contribution in [0, 0.1) is 0 Å². The van der Waals surface area contributed by atoms with Crippen molar-refractivity contribution < 1.29 is 0 Å². The first kappa shape index (κ1) is 9.78. The van der Waals surface area contributed by atoms with Crippen LogP contribution in [0.4, 0.5) is 0 Å². The van der Waals surface area contributed by atoms with Gasteiger partial charge in [-0.1, -0.05) is 36.2 Å². The minimum Gasteiger partial charge on any atom is -0.324 e. The molecule has 4 heteroatoms. The van der Waals surface area contributed by atoms with E-state index in [0.29, 0.717) is 10.3 Å². The van der Waals surface area contributed by atoms with Crippen LogP contribution in [0.5, 0.6) is 0 Å². The molecule has 0 spiro atoms. The number of nitrogens with two attached hydrogens (primary N) is 1. The molecule has 2 nitrogen and oxygen atoms in total. The van der Waals surface area contributed by atoms with E-state index in [-0.39, 0.29) is 6.04 Å². The molecule has 0 fully saturated rings. The van der Waals surface area contributed by atoms with E-state index >= 15 is 0 Å². The molecule has 0 aliphatic rings. The van der Waals surface area contributed by atoms with Gasteiger partial charge < -0.3 is 5.73 Å². The maximum Gasteiger partial charge on any atom is 0.135 e. The SMILES string of the molecule is CC[C@@H](N)c1ccc(Cl)nc1Cl. The Kier molecular flexibility index (Phi) is 3.32. The van der Waals surface area contributed by atoms with Crippen LogP contribution in [0.1, 0.15) is 24.9 Å². The lowest BCUT2D eigenvalue weighted by Crippen LogP contribution is -2.09. The molecule has 0 amide bonds. The van der Waals surface area contributed by atoms with Gasteiger partial charge in [-0.15, -0.1) is 0 Å². The second-order valence-electron chi connectivity index (χ2n) is 2.53. The maximum atomic E-state index is 5.83. The van der Waals surface area contributed by atoms with Crippen molar-refractivity contribution in [3.63, 3.8) is 0 Å². The molecule has 66 valence electrons. The van der Waals surface area contributed by atoms with Crippen LogP contribution in [-0.4, -0.2) is 4.98 Å². The van der Waals surface area contributed by atoms with Crippen LogP contribution < -0.4 is 5.73 Å². The fraction of sp³-hybridized carbons (Fsp3) is 0.375. The molecule has 0 unspecified atom stereocenters. The monoisotopic (exact) mass is 204 g/mol. The first-order valence-corrected chi connectivity index (χ1v) is 4.48. The van der Waals surface area contributed by atoms with Crippen LogP contribution in [-0.2, 0) is 0 Å². The van der Waals surface area contributed by atoms with Crippen LogP contribution >= 0.6 is 23.2 Å². The minimum absolute atomic E-state index is 0.0535. The molecular formula is C8H10Cl2N2. The minimum atomic E-state index is -0.0535. The Morgan fingerprint density at radius 1 is 1.50 bits per heavy atom. The summed E-state index contributed by atoms with van der Waals surface area (Å²) in [6.07, 6.45) is 0.836. The summed E-state index contributed by atoms with van der Waals surface area (Å²) < 4.78 is 0. The van der Waals surface area contributed by atoms with E-state index in [1.807, 2.05) is 13.0 Å². The molecule has 0 saturated carbocycles. The summed E-state index contributed by atoms with van der Waals surface area (Å²) in [5.74, 6) is 0. The third-order valence-corrected chi connectivity index (χ3v) is 2.20. The molecule has 0 aliphatic carbocycles. The average molecular weight is 205 g/mol. The van der Waals surface area contributed by atoms with Crippen molar-refractivity contribution in [3.05, 3.63) is 28.0 Å². The molecule has 1 aromatic heterocycles. The van der Waals surface area contributed by atoms with Gasteiger partial charge in [0.05, 0.1) is 0 Å². The van der Waals surface area contributed by atoms with Gasteiger partial charge >= 0.3 is 0 Å². The Morgan fingerprint density at radius 3 is 2.67 bits per heavy atom. The van der Waals surface area contributed by atoms with E-state index < -0.39 is 0 Å². The number of hydrogen-bond donors (Lipinski definition) is 1. The van der Waals surface area contributed by atoms with Crippen molar-refractivity contribution in [1.29, 1.82) is 0 Å². The first-order chi connectivity index (χ1) is 5.65. The molecule has 1 atom stereocenters. The lowest BCUT2D eigenvalue weighted by Gasteiger charge is -2.09. The zero-order valence-electron chi connectivity index (χ0n) is 6.72. The number of rotatable bonds is 2. The van der Waals surface area contributed by atoms with Crippen LogP contribution in [0.25, 0.3) is 0 Å². The smallest absolute Gasteiger partial charge is 0.135 e. The Balaban J connectivity index is 3.01. The number of nitrogens with zero attached hydrogens (tertiary/aromatic N) is 1. The summed E-state index contributed by atoms with van der Waals surface area (Å²) in [6, 6.07) is 3.45. The third kappa shape index (κ3) is 2.09. The number of halogens is 2. The zero-order valence-corrected chi connectivity index (χ0v) is 8.23. The lowest BCUT2D eigenvalue weighted by molar-refractivity contribution is 0.695. The summed E-state index contributed by atoms with van der Waals surface area (Å²) >= 11 is 11.5. The molecule has 0 bridgehead atoms. The van der Waals surface area contributed by atoms with Crippen LogP contribution in [0.2, 0.25) is 10.3 Å².